The lowest BCUT2D eigenvalue weighted by Crippen LogP contribution is -2.44. The van der Waals surface area contributed by atoms with Crippen LogP contribution in [0.15, 0.2) is 18.3 Å². The van der Waals surface area contributed by atoms with Crippen molar-refractivity contribution >= 4 is 11.5 Å². The highest BCUT2D eigenvalue weighted by Crippen LogP contribution is 2.23. The van der Waals surface area contributed by atoms with Crippen LogP contribution in [0.4, 0.5) is 11.5 Å². The molecule has 1 aliphatic rings. The second-order valence-electron chi connectivity index (χ2n) is 3.73. The third-order valence-corrected chi connectivity index (χ3v) is 2.48. The zero-order valence-corrected chi connectivity index (χ0v) is 8.09. The highest BCUT2D eigenvalue weighted by Gasteiger charge is 2.26. The van der Waals surface area contributed by atoms with Crippen molar-refractivity contribution in [3.8, 4) is 0 Å². The molecule has 0 unspecified atom stereocenters. The molecule has 0 spiro atoms. The molecule has 1 aliphatic carbocycles. The van der Waals surface area contributed by atoms with Crippen LogP contribution in [0.2, 0.25) is 0 Å². The van der Waals surface area contributed by atoms with E-state index < -0.39 is 4.92 Å². The molecule has 0 bridgehead atoms. The number of nitrogens with one attached hydrogen (secondary N) is 1. The maximum absolute atomic E-state index is 10.5. The molecule has 1 aromatic rings. The Kier molecular flexibility index (Phi) is 2.51. The Labute approximate surface area is 86.6 Å². The summed E-state index contributed by atoms with van der Waals surface area (Å²) in [6, 6.07) is 3.36. The van der Waals surface area contributed by atoms with Crippen molar-refractivity contribution in [2.75, 3.05) is 5.32 Å². The highest BCUT2D eigenvalue weighted by molar-refractivity contribution is 5.45. The lowest BCUT2D eigenvalue weighted by molar-refractivity contribution is -0.384. The van der Waals surface area contributed by atoms with Crippen LogP contribution < -0.4 is 11.1 Å². The molecule has 1 heterocycles. The lowest BCUT2D eigenvalue weighted by Gasteiger charge is -2.33. The lowest BCUT2D eigenvalue weighted by atomic mass is 9.88. The minimum Gasteiger partial charge on any atom is -0.367 e. The number of hydrogen-bond donors (Lipinski definition) is 2. The number of nitrogens with zero attached hydrogens (tertiary/aromatic N) is 2. The molecule has 1 fully saturated rings. The van der Waals surface area contributed by atoms with Gasteiger partial charge in [-0.1, -0.05) is 0 Å². The number of pyridine rings is 1. The monoisotopic (exact) mass is 208 g/mol. The fraction of sp³-hybridized carbons (Fsp3) is 0.444. The molecule has 0 radical (unpaired) electrons. The van der Waals surface area contributed by atoms with Crippen LogP contribution in [0.1, 0.15) is 12.8 Å². The van der Waals surface area contributed by atoms with E-state index in [1.807, 2.05) is 0 Å². The Morgan fingerprint density at radius 3 is 2.93 bits per heavy atom. The van der Waals surface area contributed by atoms with Gasteiger partial charge in [-0.3, -0.25) is 10.1 Å². The maximum atomic E-state index is 10.5. The molecule has 15 heavy (non-hydrogen) atoms. The first-order valence-electron chi connectivity index (χ1n) is 4.77. The van der Waals surface area contributed by atoms with E-state index in [1.54, 1.807) is 0 Å². The van der Waals surface area contributed by atoms with E-state index in [4.69, 9.17) is 5.73 Å². The van der Waals surface area contributed by atoms with Crippen molar-refractivity contribution in [2.45, 2.75) is 24.9 Å². The van der Waals surface area contributed by atoms with Gasteiger partial charge in [-0.15, -0.1) is 0 Å². The van der Waals surface area contributed by atoms with E-state index in [0.717, 1.165) is 12.8 Å². The second-order valence-corrected chi connectivity index (χ2v) is 3.73. The zero-order chi connectivity index (χ0) is 10.8. The standard InChI is InChI=1S/C9H12N4O2/c10-6-3-7(4-6)12-9-5-8(13(14)15)1-2-11-9/h1-2,5-7H,3-4,10H2,(H,11,12). The molecule has 1 saturated carbocycles. The van der Waals surface area contributed by atoms with Crippen LogP contribution in [-0.2, 0) is 0 Å². The van der Waals surface area contributed by atoms with Crippen LogP contribution in [0.25, 0.3) is 0 Å². The van der Waals surface area contributed by atoms with Crippen molar-refractivity contribution in [3.63, 3.8) is 0 Å². The second kappa shape index (κ2) is 3.82. The number of hydrogen-bond acceptors (Lipinski definition) is 5. The molecule has 80 valence electrons. The average molecular weight is 208 g/mol. The van der Waals surface area contributed by atoms with Crippen molar-refractivity contribution in [1.82, 2.24) is 4.98 Å². The summed E-state index contributed by atoms with van der Waals surface area (Å²) < 4.78 is 0. The smallest absolute Gasteiger partial charge is 0.274 e. The predicted octanol–water partition coefficient (Wildman–Crippen LogP) is 0.891. The molecule has 0 aromatic carbocycles. The van der Waals surface area contributed by atoms with Gasteiger partial charge in [-0.05, 0) is 12.8 Å². The van der Waals surface area contributed by atoms with Gasteiger partial charge in [-0.25, -0.2) is 4.98 Å². The number of nitrogens with two attached hydrogens (primary N) is 1. The molecule has 0 amide bonds. The molecule has 0 saturated heterocycles. The third kappa shape index (κ3) is 2.21. The summed E-state index contributed by atoms with van der Waals surface area (Å²) in [4.78, 5) is 14.1. The van der Waals surface area contributed by atoms with Crippen molar-refractivity contribution < 1.29 is 4.92 Å². The summed E-state index contributed by atoms with van der Waals surface area (Å²) >= 11 is 0. The van der Waals surface area contributed by atoms with Crippen LogP contribution >= 0.6 is 0 Å². The molecule has 2 rings (SSSR count). The molecule has 0 atom stereocenters. The van der Waals surface area contributed by atoms with Crippen LogP contribution in [-0.4, -0.2) is 22.0 Å². The summed E-state index contributed by atoms with van der Waals surface area (Å²) in [5, 5.41) is 13.6. The molecule has 1 aromatic heterocycles. The predicted molar refractivity (Wildman–Crippen MR) is 55.5 cm³/mol. The van der Waals surface area contributed by atoms with Crippen LogP contribution in [0.5, 0.6) is 0 Å². The number of nitro groups is 1. The van der Waals surface area contributed by atoms with Gasteiger partial charge >= 0.3 is 0 Å². The fourth-order valence-corrected chi connectivity index (χ4v) is 1.60. The third-order valence-electron chi connectivity index (χ3n) is 2.48. The summed E-state index contributed by atoms with van der Waals surface area (Å²) in [7, 11) is 0. The Morgan fingerprint density at radius 2 is 2.33 bits per heavy atom. The van der Waals surface area contributed by atoms with E-state index in [1.165, 1.54) is 18.3 Å². The van der Waals surface area contributed by atoms with Crippen molar-refractivity contribution in [1.29, 1.82) is 0 Å². The maximum Gasteiger partial charge on any atom is 0.274 e. The average Bonchev–Trinajstić information content (AvgIpc) is 2.16. The first-order chi connectivity index (χ1) is 7.15. The topological polar surface area (TPSA) is 94.1 Å². The molecule has 0 aliphatic heterocycles. The van der Waals surface area contributed by atoms with Crippen molar-refractivity contribution in [3.05, 3.63) is 28.4 Å². The summed E-state index contributed by atoms with van der Waals surface area (Å²) in [6.45, 7) is 0. The van der Waals surface area contributed by atoms with Gasteiger partial charge in [0.05, 0.1) is 11.0 Å². The van der Waals surface area contributed by atoms with E-state index >= 15 is 0 Å². The summed E-state index contributed by atoms with van der Waals surface area (Å²) in [5.41, 5.74) is 5.68. The SMILES string of the molecule is NC1CC(Nc2cc([N+](=O)[O-])ccn2)C1. The number of rotatable bonds is 3. The Balaban J connectivity index is 2.02. The minimum absolute atomic E-state index is 0.0520. The molecule has 3 N–H and O–H groups in total. The largest absolute Gasteiger partial charge is 0.367 e. The van der Waals surface area contributed by atoms with Gasteiger partial charge in [-0.2, -0.15) is 0 Å². The molecular weight excluding hydrogens is 196 g/mol. The molecule has 6 nitrogen and oxygen atoms in total. The van der Waals surface area contributed by atoms with Gasteiger partial charge in [0, 0.05) is 24.3 Å². The Hall–Kier alpha value is -1.69. The first kappa shape index (κ1) is 9.85. The van der Waals surface area contributed by atoms with Gasteiger partial charge < -0.3 is 11.1 Å². The first-order valence-corrected chi connectivity index (χ1v) is 4.77. The summed E-state index contributed by atoms with van der Waals surface area (Å²) in [5.74, 6) is 0.543. The Morgan fingerprint density at radius 1 is 1.60 bits per heavy atom. The quantitative estimate of drug-likeness (QED) is 0.568. The summed E-state index contributed by atoms with van der Waals surface area (Å²) in [6.07, 6.45) is 3.22. The number of anilines is 1. The number of aromatic nitrogens is 1. The van der Waals surface area contributed by atoms with Gasteiger partial charge in [0.1, 0.15) is 5.82 Å². The van der Waals surface area contributed by atoms with Gasteiger partial charge in [0.15, 0.2) is 0 Å². The van der Waals surface area contributed by atoms with Crippen LogP contribution in [0.3, 0.4) is 0 Å². The van der Waals surface area contributed by atoms with Gasteiger partial charge in [0.25, 0.3) is 5.69 Å². The van der Waals surface area contributed by atoms with Gasteiger partial charge in [0.2, 0.25) is 0 Å². The van der Waals surface area contributed by atoms with E-state index in [0.29, 0.717) is 11.9 Å². The van der Waals surface area contributed by atoms with E-state index in [9.17, 15) is 10.1 Å². The fourth-order valence-electron chi connectivity index (χ4n) is 1.60. The van der Waals surface area contributed by atoms with Crippen molar-refractivity contribution in [2.24, 2.45) is 5.73 Å². The van der Waals surface area contributed by atoms with E-state index in [2.05, 4.69) is 10.3 Å². The molecular formula is C9H12N4O2. The van der Waals surface area contributed by atoms with Crippen LogP contribution in [0, 0.1) is 10.1 Å². The Bertz CT molecular complexity index is 376. The minimum atomic E-state index is -0.431. The van der Waals surface area contributed by atoms with E-state index in [-0.39, 0.29) is 11.7 Å². The molecule has 6 heteroatoms. The highest BCUT2D eigenvalue weighted by atomic mass is 16.6. The zero-order valence-electron chi connectivity index (χ0n) is 8.09. The normalized spacial score (nSPS) is 24.3.